The SMILES string of the molecule is CSCCNCc1ccc(F)c(F)c1. The molecule has 0 unspecified atom stereocenters. The summed E-state index contributed by atoms with van der Waals surface area (Å²) in [4.78, 5) is 0. The molecule has 0 fully saturated rings. The molecule has 0 aliphatic heterocycles. The van der Waals surface area contributed by atoms with E-state index in [0.717, 1.165) is 23.9 Å². The number of thioether (sulfide) groups is 1. The minimum absolute atomic E-state index is 0.581. The maximum atomic E-state index is 12.7. The van der Waals surface area contributed by atoms with Crippen LogP contribution in [0.2, 0.25) is 0 Å². The Bertz CT molecular complexity index is 291. The maximum absolute atomic E-state index is 12.7. The van der Waals surface area contributed by atoms with Crippen molar-refractivity contribution in [3.63, 3.8) is 0 Å². The second kappa shape index (κ2) is 5.98. The smallest absolute Gasteiger partial charge is 0.159 e. The van der Waals surface area contributed by atoms with Crippen molar-refractivity contribution in [2.24, 2.45) is 0 Å². The molecule has 1 rings (SSSR count). The average molecular weight is 217 g/mol. The molecule has 14 heavy (non-hydrogen) atoms. The van der Waals surface area contributed by atoms with Gasteiger partial charge in [-0.1, -0.05) is 6.07 Å². The van der Waals surface area contributed by atoms with Gasteiger partial charge in [0.05, 0.1) is 0 Å². The first-order valence-corrected chi connectivity index (χ1v) is 5.77. The van der Waals surface area contributed by atoms with Gasteiger partial charge in [0.15, 0.2) is 11.6 Å². The van der Waals surface area contributed by atoms with E-state index < -0.39 is 11.6 Å². The number of benzene rings is 1. The Hall–Kier alpha value is -0.610. The lowest BCUT2D eigenvalue weighted by atomic mass is 10.2. The molecule has 0 spiro atoms. The van der Waals surface area contributed by atoms with Gasteiger partial charge >= 0.3 is 0 Å². The topological polar surface area (TPSA) is 12.0 Å². The summed E-state index contributed by atoms with van der Waals surface area (Å²) in [7, 11) is 0. The molecule has 0 aliphatic carbocycles. The lowest BCUT2D eigenvalue weighted by molar-refractivity contribution is 0.506. The number of nitrogens with one attached hydrogen (secondary N) is 1. The van der Waals surface area contributed by atoms with E-state index in [9.17, 15) is 8.78 Å². The van der Waals surface area contributed by atoms with Crippen LogP contribution in [-0.2, 0) is 6.54 Å². The van der Waals surface area contributed by atoms with Crippen molar-refractivity contribution in [3.05, 3.63) is 35.4 Å². The number of halogens is 2. The lowest BCUT2D eigenvalue weighted by Crippen LogP contribution is -2.16. The highest BCUT2D eigenvalue weighted by molar-refractivity contribution is 7.98. The van der Waals surface area contributed by atoms with Crippen LogP contribution < -0.4 is 5.32 Å². The quantitative estimate of drug-likeness (QED) is 0.760. The van der Waals surface area contributed by atoms with Crippen LogP contribution in [-0.4, -0.2) is 18.6 Å². The van der Waals surface area contributed by atoms with Crippen LogP contribution in [0, 0.1) is 11.6 Å². The predicted molar refractivity (Wildman–Crippen MR) is 56.4 cm³/mol. The zero-order valence-corrected chi connectivity index (χ0v) is 8.83. The van der Waals surface area contributed by atoms with Gasteiger partial charge in [-0.3, -0.25) is 0 Å². The first-order chi connectivity index (χ1) is 6.74. The predicted octanol–water partition coefficient (Wildman–Crippen LogP) is 2.42. The molecule has 4 heteroatoms. The van der Waals surface area contributed by atoms with Crippen LogP contribution >= 0.6 is 11.8 Å². The third kappa shape index (κ3) is 3.64. The highest BCUT2D eigenvalue weighted by Crippen LogP contribution is 2.08. The monoisotopic (exact) mass is 217 g/mol. The Labute approximate surface area is 86.9 Å². The third-order valence-corrected chi connectivity index (χ3v) is 2.41. The molecule has 0 amide bonds. The fraction of sp³-hybridized carbons (Fsp3) is 0.400. The van der Waals surface area contributed by atoms with Crippen LogP contribution in [0.5, 0.6) is 0 Å². The summed E-state index contributed by atoms with van der Waals surface area (Å²) in [5.74, 6) is -0.559. The number of rotatable bonds is 5. The Balaban J connectivity index is 2.39. The summed E-state index contributed by atoms with van der Waals surface area (Å²) in [5.41, 5.74) is 0.769. The van der Waals surface area contributed by atoms with Gasteiger partial charge in [0, 0.05) is 18.8 Å². The van der Waals surface area contributed by atoms with E-state index in [2.05, 4.69) is 5.32 Å². The van der Waals surface area contributed by atoms with Gasteiger partial charge < -0.3 is 5.32 Å². The molecule has 0 aliphatic rings. The number of hydrogen-bond donors (Lipinski definition) is 1. The van der Waals surface area contributed by atoms with Gasteiger partial charge in [-0.2, -0.15) is 11.8 Å². The molecule has 0 atom stereocenters. The van der Waals surface area contributed by atoms with Gasteiger partial charge in [-0.25, -0.2) is 8.78 Å². The molecular formula is C10H13F2NS. The van der Waals surface area contributed by atoms with Crippen molar-refractivity contribution >= 4 is 11.8 Å². The van der Waals surface area contributed by atoms with Crippen molar-refractivity contribution in [2.75, 3.05) is 18.6 Å². The summed E-state index contributed by atoms with van der Waals surface area (Å²) >= 11 is 1.75. The minimum atomic E-state index is -0.794. The Morgan fingerprint density at radius 3 is 2.71 bits per heavy atom. The molecule has 1 aromatic rings. The molecule has 1 N–H and O–H groups in total. The molecule has 78 valence electrons. The molecule has 0 heterocycles. The first-order valence-electron chi connectivity index (χ1n) is 4.37. The van der Waals surface area contributed by atoms with Gasteiger partial charge in [0.2, 0.25) is 0 Å². The molecule has 0 bridgehead atoms. The Morgan fingerprint density at radius 2 is 2.07 bits per heavy atom. The molecule has 0 radical (unpaired) electrons. The van der Waals surface area contributed by atoms with Crippen molar-refractivity contribution < 1.29 is 8.78 Å². The van der Waals surface area contributed by atoms with E-state index in [1.54, 1.807) is 17.8 Å². The summed E-state index contributed by atoms with van der Waals surface area (Å²) in [6.45, 7) is 1.46. The van der Waals surface area contributed by atoms with Crippen molar-refractivity contribution in [1.29, 1.82) is 0 Å². The zero-order valence-electron chi connectivity index (χ0n) is 8.02. The standard InChI is InChI=1S/C10H13F2NS/c1-14-5-4-13-7-8-2-3-9(11)10(12)6-8/h2-3,6,13H,4-5,7H2,1H3. The van der Waals surface area contributed by atoms with Crippen LogP contribution in [0.3, 0.4) is 0 Å². The van der Waals surface area contributed by atoms with Gasteiger partial charge in [-0.15, -0.1) is 0 Å². The van der Waals surface area contributed by atoms with Crippen molar-refractivity contribution in [3.8, 4) is 0 Å². The molecule has 1 nitrogen and oxygen atoms in total. The van der Waals surface area contributed by atoms with Gasteiger partial charge in [0.1, 0.15) is 0 Å². The molecule has 0 saturated carbocycles. The van der Waals surface area contributed by atoms with Gasteiger partial charge in [-0.05, 0) is 24.0 Å². The molecule has 0 saturated heterocycles. The van der Waals surface area contributed by atoms with E-state index in [1.165, 1.54) is 6.07 Å². The fourth-order valence-corrected chi connectivity index (χ4v) is 1.41. The first kappa shape index (κ1) is 11.5. The largest absolute Gasteiger partial charge is 0.312 e. The van der Waals surface area contributed by atoms with Crippen LogP contribution in [0.4, 0.5) is 8.78 Å². The Kier molecular flexibility index (Phi) is 4.90. The normalized spacial score (nSPS) is 10.5. The highest BCUT2D eigenvalue weighted by Gasteiger charge is 2.01. The fourth-order valence-electron chi connectivity index (χ4n) is 1.06. The van der Waals surface area contributed by atoms with Crippen molar-refractivity contribution in [1.82, 2.24) is 5.32 Å². The molecule has 0 aromatic heterocycles. The van der Waals surface area contributed by atoms with Crippen molar-refractivity contribution in [2.45, 2.75) is 6.54 Å². The minimum Gasteiger partial charge on any atom is -0.312 e. The van der Waals surface area contributed by atoms with Crippen LogP contribution in [0.25, 0.3) is 0 Å². The highest BCUT2D eigenvalue weighted by atomic mass is 32.2. The second-order valence-corrected chi connectivity index (χ2v) is 3.90. The lowest BCUT2D eigenvalue weighted by Gasteiger charge is -2.03. The van der Waals surface area contributed by atoms with E-state index in [-0.39, 0.29) is 0 Å². The average Bonchev–Trinajstić information content (AvgIpc) is 2.18. The van der Waals surface area contributed by atoms with E-state index >= 15 is 0 Å². The van der Waals surface area contributed by atoms with Gasteiger partial charge in [0.25, 0.3) is 0 Å². The van der Waals surface area contributed by atoms with Crippen LogP contribution in [0.15, 0.2) is 18.2 Å². The van der Waals surface area contributed by atoms with E-state index in [1.807, 2.05) is 6.26 Å². The third-order valence-electron chi connectivity index (χ3n) is 1.80. The maximum Gasteiger partial charge on any atom is 0.159 e. The summed E-state index contributed by atoms with van der Waals surface area (Å²) in [6, 6.07) is 3.97. The molecule has 1 aromatic carbocycles. The number of hydrogen-bond acceptors (Lipinski definition) is 2. The van der Waals surface area contributed by atoms with Crippen LogP contribution in [0.1, 0.15) is 5.56 Å². The second-order valence-electron chi connectivity index (χ2n) is 2.92. The summed E-state index contributed by atoms with van der Waals surface area (Å²) in [5, 5.41) is 3.14. The molecular weight excluding hydrogens is 204 g/mol. The Morgan fingerprint density at radius 1 is 1.29 bits per heavy atom. The zero-order chi connectivity index (χ0) is 10.4. The summed E-state index contributed by atoms with van der Waals surface area (Å²) < 4.78 is 25.3. The van der Waals surface area contributed by atoms with E-state index in [0.29, 0.717) is 6.54 Å². The summed E-state index contributed by atoms with van der Waals surface area (Å²) in [6.07, 6.45) is 2.03. The van der Waals surface area contributed by atoms with E-state index in [4.69, 9.17) is 0 Å².